The Morgan fingerprint density at radius 2 is 2.09 bits per heavy atom. The molecule has 22 heavy (non-hydrogen) atoms. The normalized spacial score (nSPS) is 11.7. The number of anilines is 1. The Labute approximate surface area is 133 Å². The van der Waals surface area contributed by atoms with Crippen molar-refractivity contribution in [3.05, 3.63) is 52.2 Å². The number of carbonyl (C=O) groups excluding carboxylic acids is 2. The molecule has 1 heterocycles. The van der Waals surface area contributed by atoms with Crippen molar-refractivity contribution in [1.82, 2.24) is 5.32 Å². The minimum absolute atomic E-state index is 0.233. The first-order chi connectivity index (χ1) is 10.6. The Hall–Kier alpha value is -2.18. The van der Waals surface area contributed by atoms with Crippen LogP contribution < -0.4 is 10.6 Å². The van der Waals surface area contributed by atoms with Gasteiger partial charge >= 0.3 is 11.8 Å². The topological polar surface area (TPSA) is 78.4 Å². The molecule has 2 amide bonds. The maximum atomic E-state index is 11.7. The minimum atomic E-state index is -0.712. The Bertz CT molecular complexity index is 641. The molecule has 1 aromatic heterocycles. The van der Waals surface area contributed by atoms with Crippen LogP contribution in [-0.4, -0.2) is 23.5 Å². The molecule has 0 bridgehead atoms. The second-order valence-electron chi connectivity index (χ2n) is 4.94. The van der Waals surface area contributed by atoms with E-state index in [4.69, 9.17) is 0 Å². The molecule has 1 atom stereocenters. The van der Waals surface area contributed by atoms with Crippen molar-refractivity contribution in [3.63, 3.8) is 0 Å². The molecule has 116 valence electrons. The molecule has 1 unspecified atom stereocenters. The second-order valence-corrected chi connectivity index (χ2v) is 5.72. The number of nitrogens with one attached hydrogen (secondary N) is 2. The van der Waals surface area contributed by atoms with Gasteiger partial charge in [0.25, 0.3) is 0 Å². The van der Waals surface area contributed by atoms with Crippen molar-refractivity contribution < 1.29 is 14.7 Å². The van der Waals surface area contributed by atoms with Gasteiger partial charge in [-0.2, -0.15) is 11.3 Å². The van der Waals surface area contributed by atoms with Crippen LogP contribution in [0.1, 0.15) is 23.7 Å². The zero-order valence-electron chi connectivity index (χ0n) is 12.2. The van der Waals surface area contributed by atoms with Crippen LogP contribution in [0.4, 0.5) is 5.69 Å². The summed E-state index contributed by atoms with van der Waals surface area (Å²) in [5.41, 5.74) is 2.40. The lowest BCUT2D eigenvalue weighted by Gasteiger charge is -2.10. The molecule has 0 fully saturated rings. The van der Waals surface area contributed by atoms with Crippen LogP contribution in [0.15, 0.2) is 41.1 Å². The van der Waals surface area contributed by atoms with Crippen LogP contribution in [0.5, 0.6) is 0 Å². The van der Waals surface area contributed by atoms with Crippen molar-refractivity contribution in [3.8, 4) is 0 Å². The number of carbonyl (C=O) groups is 2. The summed E-state index contributed by atoms with van der Waals surface area (Å²) in [6.07, 6.45) is -0.272. The number of amides is 2. The molecule has 0 spiro atoms. The third-order valence-corrected chi connectivity index (χ3v) is 3.81. The number of aryl methyl sites for hydroxylation is 1. The fourth-order valence-electron chi connectivity index (χ4n) is 1.94. The molecule has 5 nitrogen and oxygen atoms in total. The van der Waals surface area contributed by atoms with Crippen LogP contribution in [0.25, 0.3) is 0 Å². The first-order valence-electron chi connectivity index (χ1n) is 6.92. The lowest BCUT2D eigenvalue weighted by Crippen LogP contribution is -2.36. The van der Waals surface area contributed by atoms with Crippen molar-refractivity contribution in [1.29, 1.82) is 0 Å². The Morgan fingerprint density at radius 3 is 2.77 bits per heavy atom. The highest BCUT2D eigenvalue weighted by atomic mass is 32.1. The molecule has 1 aromatic carbocycles. The molecular formula is C16H18N2O3S. The third-order valence-electron chi connectivity index (χ3n) is 3.11. The van der Waals surface area contributed by atoms with E-state index in [0.29, 0.717) is 12.1 Å². The molecule has 2 rings (SSSR count). The van der Waals surface area contributed by atoms with Gasteiger partial charge in [0.2, 0.25) is 0 Å². The van der Waals surface area contributed by atoms with Gasteiger partial charge < -0.3 is 15.7 Å². The molecule has 0 aliphatic rings. The summed E-state index contributed by atoms with van der Waals surface area (Å²) in [5.74, 6) is -1.42. The highest BCUT2D eigenvalue weighted by Gasteiger charge is 2.14. The SMILES string of the molecule is Cc1cccc(NC(=O)C(=O)NCCC(O)c2ccsc2)c1. The van der Waals surface area contributed by atoms with Gasteiger partial charge in [-0.3, -0.25) is 9.59 Å². The summed E-state index contributed by atoms with van der Waals surface area (Å²) in [5, 5.41) is 18.7. The fourth-order valence-corrected chi connectivity index (χ4v) is 2.65. The number of hydrogen-bond acceptors (Lipinski definition) is 4. The Kier molecular flexibility index (Phi) is 5.68. The van der Waals surface area contributed by atoms with Gasteiger partial charge in [0, 0.05) is 12.2 Å². The van der Waals surface area contributed by atoms with Gasteiger partial charge in [-0.05, 0) is 53.4 Å². The molecule has 0 aliphatic carbocycles. The summed E-state index contributed by atoms with van der Waals surface area (Å²) < 4.78 is 0. The monoisotopic (exact) mass is 318 g/mol. The summed E-state index contributed by atoms with van der Waals surface area (Å²) >= 11 is 1.50. The number of aliphatic hydroxyl groups is 1. The highest BCUT2D eigenvalue weighted by Crippen LogP contribution is 2.18. The number of thiophene rings is 1. The van der Waals surface area contributed by atoms with E-state index in [1.165, 1.54) is 11.3 Å². The van der Waals surface area contributed by atoms with Crippen molar-refractivity contribution in [2.45, 2.75) is 19.4 Å². The van der Waals surface area contributed by atoms with Crippen molar-refractivity contribution in [2.75, 3.05) is 11.9 Å². The quantitative estimate of drug-likeness (QED) is 0.740. The number of rotatable bonds is 5. The van der Waals surface area contributed by atoms with Crippen LogP contribution in [0.2, 0.25) is 0 Å². The van der Waals surface area contributed by atoms with Crippen LogP contribution >= 0.6 is 11.3 Å². The molecule has 0 saturated carbocycles. The third kappa shape index (κ3) is 4.68. The summed E-state index contributed by atoms with van der Waals surface area (Å²) in [6, 6.07) is 9.05. The van der Waals surface area contributed by atoms with Gasteiger partial charge in [0.05, 0.1) is 6.10 Å². The molecule has 0 saturated heterocycles. The summed E-state index contributed by atoms with van der Waals surface area (Å²) in [7, 11) is 0. The lowest BCUT2D eigenvalue weighted by atomic mass is 10.1. The summed E-state index contributed by atoms with van der Waals surface area (Å²) in [6.45, 7) is 2.14. The van der Waals surface area contributed by atoms with Gasteiger partial charge in [-0.1, -0.05) is 12.1 Å². The zero-order chi connectivity index (χ0) is 15.9. The van der Waals surface area contributed by atoms with Crippen LogP contribution in [0, 0.1) is 6.92 Å². The fraction of sp³-hybridized carbons (Fsp3) is 0.250. The lowest BCUT2D eigenvalue weighted by molar-refractivity contribution is -0.136. The second kappa shape index (κ2) is 7.72. The van der Waals surface area contributed by atoms with E-state index >= 15 is 0 Å². The maximum absolute atomic E-state index is 11.7. The van der Waals surface area contributed by atoms with Gasteiger partial charge in [-0.15, -0.1) is 0 Å². The van der Waals surface area contributed by atoms with Gasteiger partial charge in [0.15, 0.2) is 0 Å². The number of aliphatic hydroxyl groups excluding tert-OH is 1. The minimum Gasteiger partial charge on any atom is -0.388 e. The van der Waals surface area contributed by atoms with E-state index < -0.39 is 17.9 Å². The van der Waals surface area contributed by atoms with Gasteiger partial charge in [-0.25, -0.2) is 0 Å². The summed E-state index contributed by atoms with van der Waals surface area (Å²) in [4.78, 5) is 23.4. The molecule has 0 aliphatic heterocycles. The first-order valence-corrected chi connectivity index (χ1v) is 7.86. The van der Waals surface area contributed by atoms with E-state index in [-0.39, 0.29) is 6.54 Å². The first kappa shape index (κ1) is 16.2. The van der Waals surface area contributed by atoms with E-state index in [1.807, 2.05) is 29.8 Å². The Balaban J connectivity index is 1.76. The standard InChI is InChI=1S/C16H18N2O3S/c1-11-3-2-4-13(9-11)18-16(21)15(20)17-7-5-14(19)12-6-8-22-10-12/h2-4,6,8-10,14,19H,5,7H2,1H3,(H,17,20)(H,18,21). The highest BCUT2D eigenvalue weighted by molar-refractivity contribution is 7.07. The molecule has 3 N–H and O–H groups in total. The Morgan fingerprint density at radius 1 is 1.27 bits per heavy atom. The average Bonchev–Trinajstić information content (AvgIpc) is 3.01. The number of hydrogen-bond donors (Lipinski definition) is 3. The van der Waals surface area contributed by atoms with E-state index in [0.717, 1.165) is 11.1 Å². The average molecular weight is 318 g/mol. The molecule has 0 radical (unpaired) electrons. The maximum Gasteiger partial charge on any atom is 0.313 e. The van der Waals surface area contributed by atoms with Crippen LogP contribution in [0.3, 0.4) is 0 Å². The van der Waals surface area contributed by atoms with E-state index in [1.54, 1.807) is 18.2 Å². The van der Waals surface area contributed by atoms with Crippen LogP contribution in [-0.2, 0) is 9.59 Å². The molecular weight excluding hydrogens is 300 g/mol. The largest absolute Gasteiger partial charge is 0.388 e. The number of benzene rings is 1. The zero-order valence-corrected chi connectivity index (χ0v) is 13.0. The van der Waals surface area contributed by atoms with Crippen molar-refractivity contribution in [2.24, 2.45) is 0 Å². The predicted molar refractivity (Wildman–Crippen MR) is 86.7 cm³/mol. The predicted octanol–water partition coefficient (Wildman–Crippen LogP) is 2.23. The molecule has 6 heteroatoms. The van der Waals surface area contributed by atoms with Crippen molar-refractivity contribution >= 4 is 28.8 Å². The van der Waals surface area contributed by atoms with E-state index in [9.17, 15) is 14.7 Å². The van der Waals surface area contributed by atoms with Gasteiger partial charge in [0.1, 0.15) is 0 Å². The smallest absolute Gasteiger partial charge is 0.313 e. The van der Waals surface area contributed by atoms with E-state index in [2.05, 4.69) is 10.6 Å². The molecule has 2 aromatic rings.